The molecule has 0 saturated heterocycles. The first-order valence-corrected chi connectivity index (χ1v) is 7.01. The third kappa shape index (κ3) is 2.79. The summed E-state index contributed by atoms with van der Waals surface area (Å²) in [7, 11) is 0. The smallest absolute Gasteiger partial charge is 0.255 e. The lowest BCUT2D eigenvalue weighted by atomic mass is 10.0. The number of nitrogens with zero attached hydrogens (tertiary/aromatic N) is 1. The summed E-state index contributed by atoms with van der Waals surface area (Å²) in [6.45, 7) is 0.170. The number of amides is 1. The summed E-state index contributed by atoms with van der Waals surface area (Å²) >= 11 is 0. The van der Waals surface area contributed by atoms with Crippen LogP contribution in [0, 0.1) is 11.6 Å². The fourth-order valence-corrected chi connectivity index (χ4v) is 2.85. The number of carbonyl (C=O) groups excluding carboxylic acids is 2. The quantitative estimate of drug-likeness (QED) is 0.864. The topological polar surface area (TPSA) is 60.4 Å². The molecule has 0 N–H and O–H groups in total. The van der Waals surface area contributed by atoms with Crippen molar-refractivity contribution in [1.29, 1.82) is 0 Å². The van der Waals surface area contributed by atoms with Crippen LogP contribution in [-0.4, -0.2) is 16.8 Å². The van der Waals surface area contributed by atoms with Crippen LogP contribution < -0.4 is 5.11 Å². The Kier molecular flexibility index (Phi) is 3.82. The van der Waals surface area contributed by atoms with Crippen LogP contribution in [0.25, 0.3) is 0 Å². The summed E-state index contributed by atoms with van der Waals surface area (Å²) in [5.74, 6) is -3.45. The Morgan fingerprint density at radius 3 is 2.61 bits per heavy atom. The molecule has 0 spiro atoms. The van der Waals surface area contributed by atoms with E-state index in [1.807, 2.05) is 0 Å². The van der Waals surface area contributed by atoms with E-state index in [0.717, 1.165) is 17.7 Å². The van der Waals surface area contributed by atoms with E-state index in [4.69, 9.17) is 0 Å². The second-order valence-electron chi connectivity index (χ2n) is 5.35. The lowest BCUT2D eigenvalue weighted by Gasteiger charge is -2.29. The van der Waals surface area contributed by atoms with E-state index in [0.29, 0.717) is 11.6 Å². The van der Waals surface area contributed by atoms with Crippen molar-refractivity contribution < 1.29 is 23.5 Å². The number of aliphatic carboxylic acids is 1. The fourth-order valence-electron chi connectivity index (χ4n) is 2.85. The first-order valence-electron chi connectivity index (χ1n) is 7.01. The molecule has 23 heavy (non-hydrogen) atoms. The van der Waals surface area contributed by atoms with Gasteiger partial charge in [0.1, 0.15) is 11.6 Å². The van der Waals surface area contributed by atoms with Crippen LogP contribution in [0.15, 0.2) is 42.5 Å². The Hall–Kier alpha value is -2.76. The number of benzene rings is 2. The zero-order chi connectivity index (χ0) is 16.6. The molecule has 118 valence electrons. The highest BCUT2D eigenvalue weighted by Crippen LogP contribution is 2.34. The summed E-state index contributed by atoms with van der Waals surface area (Å²) in [5.41, 5.74) is 1.15. The number of carbonyl (C=O) groups is 2. The average Bonchev–Trinajstić information content (AvgIpc) is 2.83. The van der Waals surface area contributed by atoms with Crippen molar-refractivity contribution >= 4 is 11.9 Å². The highest BCUT2D eigenvalue weighted by atomic mass is 19.1. The van der Waals surface area contributed by atoms with Crippen LogP contribution in [0.3, 0.4) is 0 Å². The van der Waals surface area contributed by atoms with Gasteiger partial charge in [0.25, 0.3) is 5.91 Å². The van der Waals surface area contributed by atoms with Gasteiger partial charge in [0.15, 0.2) is 0 Å². The van der Waals surface area contributed by atoms with Gasteiger partial charge >= 0.3 is 0 Å². The largest absolute Gasteiger partial charge is 0.550 e. The van der Waals surface area contributed by atoms with Gasteiger partial charge in [-0.25, -0.2) is 8.78 Å². The summed E-state index contributed by atoms with van der Waals surface area (Å²) in [4.78, 5) is 24.8. The molecule has 6 heteroatoms. The maximum atomic E-state index is 14.1. The van der Waals surface area contributed by atoms with Crippen molar-refractivity contribution in [2.75, 3.05) is 0 Å². The molecular formula is C17H12F2NO3-. The molecule has 1 atom stereocenters. The van der Waals surface area contributed by atoms with Crippen LogP contribution in [-0.2, 0) is 11.3 Å². The fraction of sp³-hybridized carbons (Fsp3) is 0.176. The molecule has 0 saturated carbocycles. The first kappa shape index (κ1) is 15.1. The second kappa shape index (κ2) is 5.79. The molecule has 3 rings (SSSR count). The highest BCUT2D eigenvalue weighted by molar-refractivity contribution is 5.98. The SMILES string of the molecule is O=C([O-])C[C@@H](c1ccc(F)cc1F)N1Cc2ccccc2C1=O. The minimum absolute atomic E-state index is 0.0447. The molecule has 0 unspecified atom stereocenters. The monoisotopic (exact) mass is 316 g/mol. The number of carboxylic acids is 1. The van der Waals surface area contributed by atoms with Crippen LogP contribution in [0.1, 0.15) is 33.9 Å². The standard InChI is InChI=1S/C17H13F2NO3/c18-11-5-6-13(14(19)7-11)15(8-16(21)22)20-9-10-3-1-2-4-12(10)17(20)23/h1-7,15H,8-9H2,(H,21,22)/p-1/t15-/m0/s1. The van der Waals surface area contributed by atoms with Crippen molar-refractivity contribution in [3.05, 3.63) is 70.8 Å². The van der Waals surface area contributed by atoms with E-state index in [9.17, 15) is 23.5 Å². The second-order valence-corrected chi connectivity index (χ2v) is 5.35. The van der Waals surface area contributed by atoms with Gasteiger partial charge in [-0.3, -0.25) is 4.79 Å². The van der Waals surface area contributed by atoms with Crippen molar-refractivity contribution in [3.63, 3.8) is 0 Å². The minimum Gasteiger partial charge on any atom is -0.550 e. The third-order valence-corrected chi connectivity index (χ3v) is 3.91. The Bertz CT molecular complexity index is 791. The molecule has 0 radical (unpaired) electrons. The van der Waals surface area contributed by atoms with Crippen molar-refractivity contribution in [1.82, 2.24) is 4.90 Å². The van der Waals surface area contributed by atoms with E-state index in [-0.39, 0.29) is 18.0 Å². The molecule has 1 aliphatic rings. The number of rotatable bonds is 4. The minimum atomic E-state index is -1.41. The number of hydrogen-bond donors (Lipinski definition) is 0. The Morgan fingerprint density at radius 2 is 1.96 bits per heavy atom. The van der Waals surface area contributed by atoms with Crippen LogP contribution in [0.4, 0.5) is 8.78 Å². The number of halogens is 2. The summed E-state index contributed by atoms with van der Waals surface area (Å²) in [6.07, 6.45) is -0.567. The molecule has 1 heterocycles. The van der Waals surface area contributed by atoms with Crippen molar-refractivity contribution in [2.45, 2.75) is 19.0 Å². The lowest BCUT2D eigenvalue weighted by molar-refractivity contribution is -0.306. The molecule has 1 aliphatic heterocycles. The van der Waals surface area contributed by atoms with E-state index in [1.54, 1.807) is 24.3 Å². The van der Waals surface area contributed by atoms with Crippen molar-refractivity contribution in [3.8, 4) is 0 Å². The Balaban J connectivity index is 2.01. The maximum Gasteiger partial charge on any atom is 0.255 e. The Morgan fingerprint density at radius 1 is 1.22 bits per heavy atom. The number of carboxylic acid groups (broad SMARTS) is 1. The van der Waals surface area contributed by atoms with E-state index < -0.39 is 30.1 Å². The number of fused-ring (bicyclic) bond motifs is 1. The van der Waals surface area contributed by atoms with Crippen molar-refractivity contribution in [2.24, 2.45) is 0 Å². The van der Waals surface area contributed by atoms with Crippen LogP contribution in [0.2, 0.25) is 0 Å². The van der Waals surface area contributed by atoms with Gasteiger partial charge < -0.3 is 14.8 Å². The van der Waals surface area contributed by atoms with Gasteiger partial charge in [0.2, 0.25) is 0 Å². The Labute approximate surface area is 131 Å². The maximum absolute atomic E-state index is 14.1. The van der Waals surface area contributed by atoms with E-state index >= 15 is 0 Å². The third-order valence-electron chi connectivity index (χ3n) is 3.91. The van der Waals surface area contributed by atoms with Crippen LogP contribution >= 0.6 is 0 Å². The predicted octanol–water partition coefficient (Wildman–Crippen LogP) is 1.80. The van der Waals surface area contributed by atoms with Gasteiger partial charge in [0.05, 0.1) is 6.04 Å². The average molecular weight is 316 g/mol. The summed E-state index contributed by atoms with van der Waals surface area (Å²) in [6, 6.07) is 8.67. The molecule has 2 aromatic carbocycles. The number of hydrogen-bond acceptors (Lipinski definition) is 3. The molecule has 0 aromatic heterocycles. The lowest BCUT2D eigenvalue weighted by Crippen LogP contribution is -2.35. The zero-order valence-electron chi connectivity index (χ0n) is 12.0. The molecule has 0 aliphatic carbocycles. The van der Waals surface area contributed by atoms with E-state index in [1.165, 1.54) is 4.90 Å². The van der Waals surface area contributed by atoms with Crippen LogP contribution in [0.5, 0.6) is 0 Å². The van der Waals surface area contributed by atoms with Gasteiger partial charge in [-0.15, -0.1) is 0 Å². The van der Waals surface area contributed by atoms with Gasteiger partial charge in [0, 0.05) is 36.1 Å². The van der Waals surface area contributed by atoms with Gasteiger partial charge in [-0.05, 0) is 17.7 Å². The normalized spacial score (nSPS) is 14.7. The molecule has 0 fully saturated rings. The molecule has 1 amide bonds. The van der Waals surface area contributed by atoms with E-state index in [2.05, 4.69) is 0 Å². The molecular weight excluding hydrogens is 304 g/mol. The molecule has 2 aromatic rings. The molecule has 4 nitrogen and oxygen atoms in total. The molecule has 0 bridgehead atoms. The zero-order valence-corrected chi connectivity index (χ0v) is 12.0. The summed E-state index contributed by atoms with van der Waals surface area (Å²) in [5, 5.41) is 11.1. The summed E-state index contributed by atoms with van der Waals surface area (Å²) < 4.78 is 27.2. The predicted molar refractivity (Wildman–Crippen MR) is 75.0 cm³/mol. The highest BCUT2D eigenvalue weighted by Gasteiger charge is 2.34. The van der Waals surface area contributed by atoms with Gasteiger partial charge in [-0.1, -0.05) is 24.3 Å². The van der Waals surface area contributed by atoms with Gasteiger partial charge in [-0.2, -0.15) is 0 Å². The first-order chi connectivity index (χ1) is 11.0.